The number of benzene rings is 2. The van der Waals surface area contributed by atoms with Gasteiger partial charge in [-0.3, -0.25) is 4.79 Å². The van der Waals surface area contributed by atoms with Crippen LogP contribution in [0.15, 0.2) is 41.3 Å². The molecule has 1 fully saturated rings. The van der Waals surface area contributed by atoms with Crippen molar-refractivity contribution in [2.24, 2.45) is 5.92 Å². The summed E-state index contributed by atoms with van der Waals surface area (Å²) in [6, 6.07) is 10.1. The minimum Gasteiger partial charge on any atom is -0.321 e. The second-order valence-electron chi connectivity index (χ2n) is 8.42. The number of nitrogens with zero attached hydrogens (tertiary/aromatic N) is 1. The van der Waals surface area contributed by atoms with Gasteiger partial charge in [-0.05, 0) is 89.0 Å². The van der Waals surface area contributed by atoms with E-state index in [9.17, 15) is 13.2 Å². The molecule has 0 bridgehead atoms. The van der Waals surface area contributed by atoms with Crippen molar-refractivity contribution in [3.63, 3.8) is 0 Å². The summed E-state index contributed by atoms with van der Waals surface area (Å²) in [5.74, 6) is 0.0125. The fourth-order valence-electron chi connectivity index (χ4n) is 4.00. The first-order valence-corrected chi connectivity index (χ1v) is 12.3. The Kier molecular flexibility index (Phi) is 9.14. The Morgan fingerprint density at radius 2 is 1.75 bits per heavy atom. The van der Waals surface area contributed by atoms with Gasteiger partial charge in [0.05, 0.1) is 15.6 Å². The zero-order valence-corrected chi connectivity index (χ0v) is 21.2. The molecule has 2 aromatic carbocycles. The van der Waals surface area contributed by atoms with Gasteiger partial charge in [-0.1, -0.05) is 29.8 Å². The van der Waals surface area contributed by atoms with Crippen LogP contribution >= 0.6 is 24.0 Å². The van der Waals surface area contributed by atoms with Crippen molar-refractivity contribution in [1.82, 2.24) is 9.62 Å². The van der Waals surface area contributed by atoms with E-state index in [1.165, 1.54) is 6.07 Å². The third kappa shape index (κ3) is 6.23. The summed E-state index contributed by atoms with van der Waals surface area (Å²) in [6.07, 6.45) is 1.92. The van der Waals surface area contributed by atoms with Crippen LogP contribution in [0.2, 0.25) is 5.02 Å². The van der Waals surface area contributed by atoms with Crippen LogP contribution in [0.3, 0.4) is 0 Å². The molecule has 0 aliphatic carbocycles. The maximum atomic E-state index is 13.1. The topological polar surface area (TPSA) is 78.5 Å². The van der Waals surface area contributed by atoms with E-state index in [0.29, 0.717) is 22.7 Å². The normalized spacial score (nSPS) is 16.3. The molecule has 6 nitrogen and oxygen atoms in total. The molecule has 2 N–H and O–H groups in total. The van der Waals surface area contributed by atoms with E-state index in [0.717, 1.165) is 31.5 Å². The number of sulfonamides is 1. The molecule has 2 aromatic rings. The predicted octanol–water partition coefficient (Wildman–Crippen LogP) is 4.64. The molecule has 9 heteroatoms. The average molecular weight is 500 g/mol. The van der Waals surface area contributed by atoms with Crippen LogP contribution in [-0.2, 0) is 10.0 Å². The maximum absolute atomic E-state index is 13.1. The number of aryl methyl sites for hydroxylation is 2. The predicted molar refractivity (Wildman–Crippen MR) is 133 cm³/mol. The fourth-order valence-corrected chi connectivity index (χ4v) is 5.84. The Hall–Kier alpha value is -1.64. The molecular formula is C23H31Cl2N3O3S. The maximum Gasteiger partial charge on any atom is 0.255 e. The minimum absolute atomic E-state index is 0. The number of carbonyl (C=O) groups excluding carboxylic acids is 1. The number of rotatable bonds is 6. The minimum atomic E-state index is -3.74. The van der Waals surface area contributed by atoms with Crippen LogP contribution in [0.5, 0.6) is 0 Å². The second kappa shape index (κ2) is 11.0. The Balaban J connectivity index is 0.00000363. The summed E-state index contributed by atoms with van der Waals surface area (Å²) in [7, 11) is -1.66. The molecule has 0 saturated carbocycles. The number of anilines is 1. The molecule has 176 valence electrons. The number of halogens is 2. The van der Waals surface area contributed by atoms with E-state index in [-0.39, 0.29) is 34.3 Å². The van der Waals surface area contributed by atoms with Gasteiger partial charge in [0.15, 0.2) is 0 Å². The van der Waals surface area contributed by atoms with E-state index < -0.39 is 10.0 Å². The molecule has 1 atom stereocenters. The summed E-state index contributed by atoms with van der Waals surface area (Å²) in [4.78, 5) is 15.0. The number of amides is 1. The number of hydrogen-bond acceptors (Lipinski definition) is 4. The zero-order chi connectivity index (χ0) is 22.8. The SMILES string of the molecule is Cc1ccccc1C(=O)Nc1cc(C)c(S(=O)(=O)N[C@H](C)C2CCN(C)CC2)cc1Cl.Cl. The van der Waals surface area contributed by atoms with Gasteiger partial charge in [-0.2, -0.15) is 0 Å². The smallest absolute Gasteiger partial charge is 0.255 e. The highest BCUT2D eigenvalue weighted by Gasteiger charge is 2.28. The third-order valence-electron chi connectivity index (χ3n) is 6.00. The highest BCUT2D eigenvalue weighted by Crippen LogP contribution is 2.30. The molecule has 0 unspecified atom stereocenters. The van der Waals surface area contributed by atoms with Crippen LogP contribution < -0.4 is 10.0 Å². The molecule has 3 rings (SSSR count). The van der Waals surface area contributed by atoms with Gasteiger partial charge in [0.2, 0.25) is 10.0 Å². The van der Waals surface area contributed by atoms with Gasteiger partial charge < -0.3 is 10.2 Å². The van der Waals surface area contributed by atoms with Crippen LogP contribution in [-0.4, -0.2) is 45.4 Å². The van der Waals surface area contributed by atoms with E-state index in [1.54, 1.807) is 25.1 Å². The quantitative estimate of drug-likeness (QED) is 0.606. The van der Waals surface area contributed by atoms with E-state index >= 15 is 0 Å². The van der Waals surface area contributed by atoms with Gasteiger partial charge >= 0.3 is 0 Å². The number of piperidine rings is 1. The van der Waals surface area contributed by atoms with Crippen molar-refractivity contribution in [2.45, 2.75) is 44.6 Å². The molecular weight excluding hydrogens is 469 g/mol. The van der Waals surface area contributed by atoms with E-state index in [2.05, 4.69) is 22.0 Å². The van der Waals surface area contributed by atoms with E-state index in [1.807, 2.05) is 26.0 Å². The Bertz CT molecular complexity index is 1070. The largest absolute Gasteiger partial charge is 0.321 e. The van der Waals surface area contributed by atoms with Crippen LogP contribution in [0.25, 0.3) is 0 Å². The lowest BCUT2D eigenvalue weighted by Crippen LogP contribution is -2.43. The summed E-state index contributed by atoms with van der Waals surface area (Å²) in [5.41, 5.74) is 2.29. The average Bonchev–Trinajstić information content (AvgIpc) is 2.70. The monoisotopic (exact) mass is 499 g/mol. The summed E-state index contributed by atoms with van der Waals surface area (Å²) in [5, 5.41) is 2.97. The Labute approximate surface area is 202 Å². The standard InChI is InChI=1S/C23H30ClN3O3S.ClH/c1-15-7-5-6-8-19(15)23(28)25-21-13-16(2)22(14-20(21)24)31(29,30)26-17(3)18-9-11-27(4)12-10-18;/h5-8,13-14,17-18,26H,9-12H2,1-4H3,(H,25,28);1H/t17-;/m1./s1. The summed E-state index contributed by atoms with van der Waals surface area (Å²) >= 11 is 6.37. The van der Waals surface area contributed by atoms with Crippen molar-refractivity contribution >= 4 is 45.6 Å². The zero-order valence-electron chi connectivity index (χ0n) is 18.8. The van der Waals surface area contributed by atoms with Gasteiger partial charge in [-0.15, -0.1) is 12.4 Å². The number of hydrogen-bond donors (Lipinski definition) is 2. The van der Waals surface area contributed by atoms with Crippen LogP contribution in [0.1, 0.15) is 41.3 Å². The first-order valence-electron chi connectivity index (χ1n) is 10.5. The van der Waals surface area contributed by atoms with Gasteiger partial charge in [0.25, 0.3) is 5.91 Å². The first-order chi connectivity index (χ1) is 14.6. The molecule has 0 spiro atoms. The number of nitrogens with one attached hydrogen (secondary N) is 2. The summed E-state index contributed by atoms with van der Waals surface area (Å²) in [6.45, 7) is 7.41. The lowest BCUT2D eigenvalue weighted by molar-refractivity contribution is 0.102. The molecule has 1 saturated heterocycles. The molecule has 1 heterocycles. The Morgan fingerprint density at radius 1 is 1.12 bits per heavy atom. The third-order valence-corrected chi connectivity index (χ3v) is 8.02. The van der Waals surface area contributed by atoms with Crippen molar-refractivity contribution in [3.8, 4) is 0 Å². The van der Waals surface area contributed by atoms with Crippen molar-refractivity contribution in [3.05, 3.63) is 58.1 Å². The molecule has 0 radical (unpaired) electrons. The van der Waals surface area contributed by atoms with E-state index in [4.69, 9.17) is 11.6 Å². The molecule has 0 aromatic heterocycles. The lowest BCUT2D eigenvalue weighted by Gasteiger charge is -2.33. The molecule has 1 amide bonds. The molecule has 32 heavy (non-hydrogen) atoms. The lowest BCUT2D eigenvalue weighted by atomic mass is 9.91. The molecule has 1 aliphatic heterocycles. The Morgan fingerprint density at radius 3 is 2.38 bits per heavy atom. The van der Waals surface area contributed by atoms with Gasteiger partial charge in [0.1, 0.15) is 0 Å². The molecule has 1 aliphatic rings. The second-order valence-corrected chi connectivity index (χ2v) is 10.5. The number of likely N-dealkylation sites (tertiary alicyclic amines) is 1. The fraction of sp³-hybridized carbons (Fsp3) is 0.435. The first kappa shape index (κ1) is 26.6. The van der Waals surface area contributed by atoms with Gasteiger partial charge in [0, 0.05) is 11.6 Å². The summed E-state index contributed by atoms with van der Waals surface area (Å²) < 4.78 is 28.9. The van der Waals surface area contributed by atoms with Crippen molar-refractivity contribution in [1.29, 1.82) is 0 Å². The van der Waals surface area contributed by atoms with Crippen molar-refractivity contribution in [2.75, 3.05) is 25.5 Å². The highest BCUT2D eigenvalue weighted by molar-refractivity contribution is 7.89. The number of carbonyl (C=O) groups is 1. The van der Waals surface area contributed by atoms with Crippen LogP contribution in [0.4, 0.5) is 5.69 Å². The van der Waals surface area contributed by atoms with Crippen LogP contribution in [0, 0.1) is 19.8 Å². The highest BCUT2D eigenvalue weighted by atomic mass is 35.5. The van der Waals surface area contributed by atoms with Crippen molar-refractivity contribution < 1.29 is 13.2 Å². The van der Waals surface area contributed by atoms with Gasteiger partial charge in [-0.25, -0.2) is 13.1 Å².